The Morgan fingerprint density at radius 1 is 1.69 bits per heavy atom. The van der Waals surface area contributed by atoms with Crippen molar-refractivity contribution in [2.24, 2.45) is 5.73 Å². The lowest BCUT2D eigenvalue weighted by atomic mass is 10.3. The van der Waals surface area contributed by atoms with Crippen LogP contribution in [0.2, 0.25) is 0 Å². The van der Waals surface area contributed by atoms with E-state index < -0.39 is 5.97 Å². The average Bonchev–Trinajstić information content (AvgIpc) is 2.30. The number of thiazole rings is 1. The molecule has 4 nitrogen and oxygen atoms in total. The van der Waals surface area contributed by atoms with Crippen LogP contribution in [0.4, 0.5) is 0 Å². The van der Waals surface area contributed by atoms with Gasteiger partial charge in [-0.15, -0.1) is 23.7 Å². The number of rotatable bonds is 2. The standard InChI is InChI=1S/C7H10N2O2S.ClH/c1-3(8)6-9-5(7(10)11)4(2)12-6;/h3H,8H2,1-2H3,(H,10,11);1H. The van der Waals surface area contributed by atoms with E-state index in [0.29, 0.717) is 9.88 Å². The van der Waals surface area contributed by atoms with Crippen molar-refractivity contribution in [3.63, 3.8) is 0 Å². The number of hydrogen-bond acceptors (Lipinski definition) is 4. The minimum Gasteiger partial charge on any atom is -0.476 e. The summed E-state index contributed by atoms with van der Waals surface area (Å²) in [7, 11) is 0. The van der Waals surface area contributed by atoms with E-state index in [4.69, 9.17) is 10.8 Å². The molecule has 74 valence electrons. The smallest absolute Gasteiger partial charge is 0.355 e. The molecule has 0 saturated heterocycles. The molecule has 1 aromatic heterocycles. The molecule has 6 heteroatoms. The Hall–Kier alpha value is -0.650. The third-order valence-corrected chi connectivity index (χ3v) is 2.58. The minimum absolute atomic E-state index is 0. The number of nitrogens with zero attached hydrogens (tertiary/aromatic N) is 1. The Labute approximate surface area is 86.2 Å². The maximum absolute atomic E-state index is 10.6. The van der Waals surface area contributed by atoms with Crippen molar-refractivity contribution in [1.29, 1.82) is 0 Å². The summed E-state index contributed by atoms with van der Waals surface area (Å²) < 4.78 is 0. The number of carboxylic acid groups (broad SMARTS) is 1. The van der Waals surface area contributed by atoms with Gasteiger partial charge in [0.05, 0.1) is 6.04 Å². The summed E-state index contributed by atoms with van der Waals surface area (Å²) in [6.07, 6.45) is 0. The largest absolute Gasteiger partial charge is 0.476 e. The highest BCUT2D eigenvalue weighted by Gasteiger charge is 2.15. The van der Waals surface area contributed by atoms with Crippen LogP contribution in [0.3, 0.4) is 0 Å². The van der Waals surface area contributed by atoms with Crippen LogP contribution in [-0.2, 0) is 0 Å². The van der Waals surface area contributed by atoms with Crippen LogP contribution in [0.5, 0.6) is 0 Å². The molecular weight excluding hydrogens is 212 g/mol. The minimum atomic E-state index is -0.990. The molecule has 0 radical (unpaired) electrons. The number of aromatic carboxylic acids is 1. The number of hydrogen-bond donors (Lipinski definition) is 2. The van der Waals surface area contributed by atoms with Crippen LogP contribution in [-0.4, -0.2) is 16.1 Å². The van der Waals surface area contributed by atoms with Crippen LogP contribution in [0, 0.1) is 6.92 Å². The highest BCUT2D eigenvalue weighted by molar-refractivity contribution is 7.11. The molecular formula is C7H11ClN2O2S. The highest BCUT2D eigenvalue weighted by Crippen LogP contribution is 2.21. The third kappa shape index (κ3) is 2.65. The lowest BCUT2D eigenvalue weighted by Gasteiger charge is -1.95. The van der Waals surface area contributed by atoms with Crippen molar-refractivity contribution in [3.05, 3.63) is 15.6 Å². The quantitative estimate of drug-likeness (QED) is 0.797. The molecule has 1 atom stereocenters. The van der Waals surface area contributed by atoms with Gasteiger partial charge in [0, 0.05) is 4.88 Å². The topological polar surface area (TPSA) is 76.2 Å². The summed E-state index contributed by atoms with van der Waals surface area (Å²) in [5, 5.41) is 9.34. The van der Waals surface area contributed by atoms with Crippen LogP contribution in [0.1, 0.15) is 33.3 Å². The number of halogens is 1. The van der Waals surface area contributed by atoms with Crippen molar-refractivity contribution in [2.45, 2.75) is 19.9 Å². The Morgan fingerprint density at radius 3 is 2.46 bits per heavy atom. The fourth-order valence-corrected chi connectivity index (χ4v) is 1.68. The third-order valence-electron chi connectivity index (χ3n) is 1.41. The zero-order valence-corrected chi connectivity index (χ0v) is 8.91. The molecule has 0 aliphatic heterocycles. The fraction of sp³-hybridized carbons (Fsp3) is 0.429. The monoisotopic (exact) mass is 222 g/mol. The first kappa shape index (κ1) is 12.3. The summed E-state index contributed by atoms with van der Waals surface area (Å²) in [4.78, 5) is 15.2. The molecule has 0 bridgehead atoms. The second kappa shape index (κ2) is 4.55. The molecule has 0 saturated carbocycles. The van der Waals surface area contributed by atoms with Gasteiger partial charge in [-0.2, -0.15) is 0 Å². The SMILES string of the molecule is Cc1sc(C(C)N)nc1C(=O)O.Cl. The Morgan fingerprint density at radius 2 is 2.23 bits per heavy atom. The molecule has 0 aromatic carbocycles. The summed E-state index contributed by atoms with van der Waals surface area (Å²) in [6, 6.07) is -0.193. The van der Waals surface area contributed by atoms with Gasteiger partial charge in [0.15, 0.2) is 5.69 Å². The van der Waals surface area contributed by atoms with Crippen molar-refractivity contribution < 1.29 is 9.90 Å². The van der Waals surface area contributed by atoms with Crippen molar-refractivity contribution in [1.82, 2.24) is 4.98 Å². The summed E-state index contributed by atoms with van der Waals surface area (Å²) in [5.41, 5.74) is 5.67. The fourth-order valence-electron chi connectivity index (χ4n) is 0.810. The molecule has 0 spiro atoms. The summed E-state index contributed by atoms with van der Waals surface area (Å²) in [6.45, 7) is 3.51. The second-order valence-electron chi connectivity index (χ2n) is 2.55. The van der Waals surface area contributed by atoms with Crippen LogP contribution < -0.4 is 5.73 Å². The van der Waals surface area contributed by atoms with Gasteiger partial charge in [0.25, 0.3) is 0 Å². The van der Waals surface area contributed by atoms with Gasteiger partial charge >= 0.3 is 5.97 Å². The van der Waals surface area contributed by atoms with Gasteiger partial charge < -0.3 is 10.8 Å². The molecule has 1 heterocycles. The predicted molar refractivity (Wildman–Crippen MR) is 53.7 cm³/mol. The van der Waals surface area contributed by atoms with Gasteiger partial charge in [-0.25, -0.2) is 9.78 Å². The van der Waals surface area contributed by atoms with Crippen LogP contribution in [0.15, 0.2) is 0 Å². The average molecular weight is 223 g/mol. The number of aryl methyl sites for hydroxylation is 1. The highest BCUT2D eigenvalue weighted by atomic mass is 35.5. The van der Waals surface area contributed by atoms with E-state index in [1.165, 1.54) is 11.3 Å². The molecule has 1 rings (SSSR count). The zero-order valence-electron chi connectivity index (χ0n) is 7.27. The molecule has 0 fully saturated rings. The molecule has 13 heavy (non-hydrogen) atoms. The van der Waals surface area contributed by atoms with Gasteiger partial charge in [0.1, 0.15) is 5.01 Å². The van der Waals surface area contributed by atoms with Crippen LogP contribution in [0.25, 0.3) is 0 Å². The van der Waals surface area contributed by atoms with E-state index in [0.717, 1.165) is 0 Å². The van der Waals surface area contributed by atoms with E-state index in [-0.39, 0.29) is 24.1 Å². The van der Waals surface area contributed by atoms with Gasteiger partial charge in [-0.1, -0.05) is 0 Å². The van der Waals surface area contributed by atoms with Gasteiger partial charge in [-0.05, 0) is 13.8 Å². The van der Waals surface area contributed by atoms with E-state index in [2.05, 4.69) is 4.98 Å². The molecule has 0 amide bonds. The lowest BCUT2D eigenvalue weighted by molar-refractivity contribution is 0.0690. The predicted octanol–water partition coefficient (Wildman–Crippen LogP) is 1.59. The van der Waals surface area contributed by atoms with Crippen molar-refractivity contribution in [2.75, 3.05) is 0 Å². The van der Waals surface area contributed by atoms with E-state index in [9.17, 15) is 4.79 Å². The van der Waals surface area contributed by atoms with Crippen molar-refractivity contribution >= 4 is 29.7 Å². The maximum Gasteiger partial charge on any atom is 0.355 e. The van der Waals surface area contributed by atoms with E-state index in [1.807, 2.05) is 0 Å². The number of carbonyl (C=O) groups is 1. The summed E-state index contributed by atoms with van der Waals surface area (Å²) in [5.74, 6) is -0.990. The van der Waals surface area contributed by atoms with Crippen LogP contribution >= 0.6 is 23.7 Å². The number of aromatic nitrogens is 1. The molecule has 0 aliphatic carbocycles. The van der Waals surface area contributed by atoms with E-state index in [1.54, 1.807) is 13.8 Å². The lowest BCUT2D eigenvalue weighted by Crippen LogP contribution is -2.05. The van der Waals surface area contributed by atoms with Gasteiger partial charge in [0.2, 0.25) is 0 Å². The maximum atomic E-state index is 10.6. The Bertz CT molecular complexity index is 311. The first-order valence-corrected chi connectivity index (χ1v) is 4.30. The Balaban J connectivity index is 0.00000144. The first-order chi connectivity index (χ1) is 5.52. The zero-order chi connectivity index (χ0) is 9.30. The summed E-state index contributed by atoms with van der Waals surface area (Å²) >= 11 is 1.33. The Kier molecular flexibility index (Phi) is 4.32. The second-order valence-corrected chi connectivity index (χ2v) is 3.79. The first-order valence-electron chi connectivity index (χ1n) is 3.48. The van der Waals surface area contributed by atoms with Gasteiger partial charge in [-0.3, -0.25) is 0 Å². The van der Waals surface area contributed by atoms with E-state index >= 15 is 0 Å². The normalized spacial score (nSPS) is 11.9. The number of carboxylic acids is 1. The molecule has 3 N–H and O–H groups in total. The molecule has 0 aliphatic rings. The molecule has 1 unspecified atom stereocenters. The van der Waals surface area contributed by atoms with Crippen molar-refractivity contribution in [3.8, 4) is 0 Å². The molecule has 1 aromatic rings. The number of nitrogens with two attached hydrogens (primary N) is 1.